The Hall–Kier alpha value is -0.830. The van der Waals surface area contributed by atoms with Crippen LogP contribution in [-0.4, -0.2) is 23.3 Å². The molecule has 2 aliphatic rings. The maximum Gasteiger partial charge on any atom is 0.310 e. The van der Waals surface area contributed by atoms with Crippen molar-refractivity contribution in [2.45, 2.75) is 25.0 Å². The van der Waals surface area contributed by atoms with E-state index in [1.165, 1.54) is 0 Å². The molecule has 0 aromatic rings. The molecule has 4 unspecified atom stereocenters. The fraction of sp³-hybridized carbons (Fsp3) is 0.667. The van der Waals surface area contributed by atoms with Gasteiger partial charge in [-0.1, -0.05) is 12.7 Å². The molecule has 0 amide bonds. The summed E-state index contributed by atoms with van der Waals surface area (Å²) < 4.78 is 5.03. The van der Waals surface area contributed by atoms with Crippen LogP contribution in [0.4, 0.5) is 0 Å². The van der Waals surface area contributed by atoms with Gasteiger partial charge in [-0.3, -0.25) is 4.79 Å². The average Bonchev–Trinajstić information content (AvgIpc) is 2.56. The Labute approximate surface area is 71.0 Å². The van der Waals surface area contributed by atoms with Gasteiger partial charge in [-0.05, 0) is 12.8 Å². The number of hydrogen-bond acceptors (Lipinski definition) is 3. The Kier molecular flexibility index (Phi) is 1.68. The van der Waals surface area contributed by atoms with Gasteiger partial charge in [0.1, 0.15) is 6.10 Å². The zero-order chi connectivity index (χ0) is 8.72. The standard InChI is InChI=1S/C9H12O3/c1-2-7-8-5(9(11)12-7)3-4-6(8)10/h2,5-8,10H,1,3-4H2. The van der Waals surface area contributed by atoms with E-state index in [9.17, 15) is 9.90 Å². The molecule has 0 bridgehead atoms. The predicted octanol–water partition coefficient (Wildman–Crippen LogP) is 0.485. The van der Waals surface area contributed by atoms with E-state index >= 15 is 0 Å². The number of fused-ring (bicyclic) bond motifs is 1. The summed E-state index contributed by atoms with van der Waals surface area (Å²) in [7, 11) is 0. The SMILES string of the molecule is C=CC1OC(=O)C2CCC(O)C12. The van der Waals surface area contributed by atoms with Crippen molar-refractivity contribution in [3.8, 4) is 0 Å². The lowest BCUT2D eigenvalue weighted by Crippen LogP contribution is -2.24. The zero-order valence-electron chi connectivity index (χ0n) is 6.77. The second-order valence-corrected chi connectivity index (χ2v) is 3.47. The fourth-order valence-electron chi connectivity index (χ4n) is 2.23. The molecule has 0 aromatic heterocycles. The minimum atomic E-state index is -0.385. The number of carbonyl (C=O) groups is 1. The van der Waals surface area contributed by atoms with E-state index < -0.39 is 0 Å². The predicted molar refractivity (Wildman–Crippen MR) is 42.3 cm³/mol. The molecule has 1 aliphatic heterocycles. The molecule has 0 aromatic carbocycles. The minimum absolute atomic E-state index is 0.0324. The number of esters is 1. The van der Waals surface area contributed by atoms with Gasteiger partial charge >= 0.3 is 5.97 Å². The normalized spacial score (nSPS) is 45.6. The topological polar surface area (TPSA) is 46.5 Å². The molecule has 2 fully saturated rings. The number of aliphatic hydroxyl groups is 1. The quantitative estimate of drug-likeness (QED) is 0.457. The first-order chi connectivity index (χ1) is 5.74. The van der Waals surface area contributed by atoms with Gasteiger partial charge in [0, 0.05) is 5.92 Å². The van der Waals surface area contributed by atoms with Crippen LogP contribution >= 0.6 is 0 Å². The minimum Gasteiger partial charge on any atom is -0.457 e. The lowest BCUT2D eigenvalue weighted by molar-refractivity contribution is -0.143. The summed E-state index contributed by atoms with van der Waals surface area (Å²) in [6, 6.07) is 0. The first kappa shape index (κ1) is 7.80. The Balaban J connectivity index is 2.23. The second kappa shape index (κ2) is 2.59. The lowest BCUT2D eigenvalue weighted by Gasteiger charge is -2.15. The van der Waals surface area contributed by atoms with Gasteiger partial charge in [0.15, 0.2) is 0 Å². The molecule has 2 rings (SSSR count). The van der Waals surface area contributed by atoms with E-state index in [1.807, 2.05) is 0 Å². The van der Waals surface area contributed by atoms with Crippen molar-refractivity contribution in [1.29, 1.82) is 0 Å². The maximum absolute atomic E-state index is 11.2. The van der Waals surface area contributed by atoms with Crippen LogP contribution in [0.15, 0.2) is 12.7 Å². The summed E-state index contributed by atoms with van der Waals surface area (Å²) in [5, 5.41) is 9.54. The zero-order valence-corrected chi connectivity index (χ0v) is 6.77. The summed E-state index contributed by atoms with van der Waals surface area (Å²) in [5.41, 5.74) is 0. The summed E-state index contributed by atoms with van der Waals surface area (Å²) in [6.45, 7) is 3.58. The number of aliphatic hydroxyl groups excluding tert-OH is 1. The van der Waals surface area contributed by atoms with Crippen LogP contribution in [0.5, 0.6) is 0 Å². The molecule has 0 spiro atoms. The molecule has 4 atom stereocenters. The van der Waals surface area contributed by atoms with Crippen LogP contribution in [-0.2, 0) is 9.53 Å². The second-order valence-electron chi connectivity index (χ2n) is 3.47. The van der Waals surface area contributed by atoms with Crippen molar-refractivity contribution >= 4 is 5.97 Å². The van der Waals surface area contributed by atoms with E-state index in [1.54, 1.807) is 6.08 Å². The summed E-state index contributed by atoms with van der Waals surface area (Å²) in [4.78, 5) is 11.2. The lowest BCUT2D eigenvalue weighted by atomic mass is 9.92. The average molecular weight is 168 g/mol. The molecule has 1 saturated carbocycles. The first-order valence-electron chi connectivity index (χ1n) is 4.25. The van der Waals surface area contributed by atoms with Gasteiger partial charge in [0.25, 0.3) is 0 Å². The van der Waals surface area contributed by atoms with E-state index in [2.05, 4.69) is 6.58 Å². The first-order valence-corrected chi connectivity index (χ1v) is 4.25. The molecular formula is C9H12O3. The van der Waals surface area contributed by atoms with Crippen LogP contribution in [0.1, 0.15) is 12.8 Å². The third kappa shape index (κ3) is 0.894. The Morgan fingerprint density at radius 1 is 1.58 bits per heavy atom. The summed E-state index contributed by atoms with van der Waals surface area (Å²) in [5.74, 6) is -0.278. The molecule has 3 nitrogen and oxygen atoms in total. The van der Waals surface area contributed by atoms with Crippen molar-refractivity contribution in [1.82, 2.24) is 0 Å². The van der Waals surface area contributed by atoms with Gasteiger partial charge in [-0.15, -0.1) is 0 Å². The molecule has 1 saturated heterocycles. The number of hydrogen-bond donors (Lipinski definition) is 1. The van der Waals surface area contributed by atoms with E-state index in [4.69, 9.17) is 4.74 Å². The van der Waals surface area contributed by atoms with Crippen LogP contribution in [0.25, 0.3) is 0 Å². The highest BCUT2D eigenvalue weighted by Crippen LogP contribution is 2.41. The highest BCUT2D eigenvalue weighted by atomic mass is 16.6. The maximum atomic E-state index is 11.2. The Morgan fingerprint density at radius 2 is 2.33 bits per heavy atom. The molecule has 1 aliphatic carbocycles. The highest BCUT2D eigenvalue weighted by molar-refractivity contribution is 5.76. The summed E-state index contributed by atoms with van der Waals surface area (Å²) >= 11 is 0. The van der Waals surface area contributed by atoms with E-state index in [0.29, 0.717) is 0 Å². The van der Waals surface area contributed by atoms with Crippen LogP contribution in [0.2, 0.25) is 0 Å². The van der Waals surface area contributed by atoms with Gasteiger partial charge in [-0.25, -0.2) is 0 Å². The van der Waals surface area contributed by atoms with Gasteiger partial charge in [-0.2, -0.15) is 0 Å². The highest BCUT2D eigenvalue weighted by Gasteiger charge is 2.50. The number of rotatable bonds is 1. The molecule has 66 valence electrons. The largest absolute Gasteiger partial charge is 0.457 e. The van der Waals surface area contributed by atoms with Crippen LogP contribution < -0.4 is 0 Å². The number of carbonyl (C=O) groups excluding carboxylic acids is 1. The molecular weight excluding hydrogens is 156 g/mol. The fourth-order valence-corrected chi connectivity index (χ4v) is 2.23. The van der Waals surface area contributed by atoms with E-state index in [0.717, 1.165) is 12.8 Å². The van der Waals surface area contributed by atoms with Crippen molar-refractivity contribution in [3.63, 3.8) is 0 Å². The molecule has 1 heterocycles. The molecule has 1 N–H and O–H groups in total. The Bertz CT molecular complexity index is 224. The van der Waals surface area contributed by atoms with Crippen molar-refractivity contribution < 1.29 is 14.6 Å². The van der Waals surface area contributed by atoms with Crippen molar-refractivity contribution in [2.75, 3.05) is 0 Å². The van der Waals surface area contributed by atoms with Gasteiger partial charge in [0.2, 0.25) is 0 Å². The van der Waals surface area contributed by atoms with Gasteiger partial charge < -0.3 is 9.84 Å². The van der Waals surface area contributed by atoms with Crippen LogP contribution in [0, 0.1) is 11.8 Å². The third-order valence-electron chi connectivity index (χ3n) is 2.85. The summed E-state index contributed by atoms with van der Waals surface area (Å²) in [6.07, 6.45) is 2.44. The monoisotopic (exact) mass is 168 g/mol. The third-order valence-corrected chi connectivity index (χ3v) is 2.85. The molecule has 12 heavy (non-hydrogen) atoms. The van der Waals surface area contributed by atoms with Crippen molar-refractivity contribution in [3.05, 3.63) is 12.7 Å². The number of cyclic esters (lactones) is 1. The van der Waals surface area contributed by atoms with Crippen LogP contribution in [0.3, 0.4) is 0 Å². The van der Waals surface area contributed by atoms with Crippen molar-refractivity contribution in [2.24, 2.45) is 11.8 Å². The smallest absolute Gasteiger partial charge is 0.310 e. The Morgan fingerprint density at radius 3 is 3.00 bits per heavy atom. The number of ether oxygens (including phenoxy) is 1. The van der Waals surface area contributed by atoms with Gasteiger partial charge in [0.05, 0.1) is 12.0 Å². The molecule has 3 heteroatoms. The van der Waals surface area contributed by atoms with E-state index in [-0.39, 0.29) is 30.0 Å². The molecule has 0 radical (unpaired) electrons.